The summed E-state index contributed by atoms with van der Waals surface area (Å²) in [5.74, 6) is -0.348. The highest BCUT2D eigenvalue weighted by Crippen LogP contribution is 2.47. The molecular formula is C21H22FN5O3. The van der Waals surface area contributed by atoms with Crippen LogP contribution in [0.4, 0.5) is 10.3 Å². The number of hydrogen-bond acceptors (Lipinski definition) is 5. The van der Waals surface area contributed by atoms with Crippen LogP contribution in [-0.2, 0) is 13.1 Å². The summed E-state index contributed by atoms with van der Waals surface area (Å²) < 4.78 is 23.9. The molecule has 0 bridgehead atoms. The van der Waals surface area contributed by atoms with Crippen molar-refractivity contribution in [3.8, 4) is 5.75 Å². The quantitative estimate of drug-likeness (QED) is 0.665. The van der Waals surface area contributed by atoms with Crippen LogP contribution in [-0.4, -0.2) is 38.1 Å². The topological polar surface area (TPSA) is 91.0 Å². The lowest BCUT2D eigenvalue weighted by atomic mass is 9.69. The Morgan fingerprint density at radius 1 is 1.40 bits per heavy atom. The molecule has 9 heteroatoms. The maximum atomic E-state index is 14.5. The van der Waals surface area contributed by atoms with Gasteiger partial charge in [-0.05, 0) is 38.8 Å². The molecule has 1 aromatic carbocycles. The summed E-state index contributed by atoms with van der Waals surface area (Å²) in [6.45, 7) is 4.89. The molecule has 30 heavy (non-hydrogen) atoms. The number of amides is 1. The van der Waals surface area contributed by atoms with Crippen LogP contribution in [0.1, 0.15) is 52.7 Å². The molecule has 1 aliphatic carbocycles. The normalized spacial score (nSPS) is 16.8. The predicted molar refractivity (Wildman–Crippen MR) is 107 cm³/mol. The fraction of sp³-hybridized carbons (Fsp3) is 0.429. The molecular weight excluding hydrogens is 389 g/mol. The second-order valence-electron chi connectivity index (χ2n) is 8.19. The van der Waals surface area contributed by atoms with Crippen molar-refractivity contribution in [1.82, 2.24) is 19.3 Å². The van der Waals surface area contributed by atoms with Gasteiger partial charge >= 0.3 is 0 Å². The molecule has 0 saturated heterocycles. The number of anilines is 1. The zero-order valence-corrected chi connectivity index (χ0v) is 16.9. The first-order valence-electron chi connectivity index (χ1n) is 10.1. The Bertz CT molecular complexity index is 1190. The third-order valence-corrected chi connectivity index (χ3v) is 6.20. The van der Waals surface area contributed by atoms with Crippen LogP contribution in [0, 0.1) is 18.2 Å². The number of rotatable bonds is 4. The predicted octanol–water partition coefficient (Wildman–Crippen LogP) is 3.33. The number of imidazole rings is 1. The molecule has 2 aromatic heterocycles. The SMILES string of the molecule is CCn1nc(C)c(F)c1C(=O)Nc1nc2cc(C=O)cc3c2n1CC1(CCC1)CO3. The summed E-state index contributed by atoms with van der Waals surface area (Å²) in [4.78, 5) is 28.9. The summed E-state index contributed by atoms with van der Waals surface area (Å²) in [5, 5.41) is 6.86. The average molecular weight is 411 g/mol. The van der Waals surface area contributed by atoms with Gasteiger partial charge in [0.1, 0.15) is 17.6 Å². The van der Waals surface area contributed by atoms with E-state index in [9.17, 15) is 14.0 Å². The van der Waals surface area contributed by atoms with Crippen LogP contribution >= 0.6 is 0 Å². The van der Waals surface area contributed by atoms with Crippen molar-refractivity contribution in [2.24, 2.45) is 5.41 Å². The Morgan fingerprint density at radius 2 is 2.20 bits per heavy atom. The molecule has 3 aromatic rings. The van der Waals surface area contributed by atoms with Crippen molar-refractivity contribution in [2.75, 3.05) is 11.9 Å². The van der Waals surface area contributed by atoms with Crippen LogP contribution in [0.5, 0.6) is 5.75 Å². The van der Waals surface area contributed by atoms with Gasteiger partial charge in [0, 0.05) is 24.1 Å². The van der Waals surface area contributed by atoms with E-state index in [0.29, 0.717) is 42.5 Å². The maximum absolute atomic E-state index is 14.5. The van der Waals surface area contributed by atoms with Gasteiger partial charge in [-0.1, -0.05) is 6.42 Å². The van der Waals surface area contributed by atoms with Crippen molar-refractivity contribution >= 4 is 29.2 Å². The van der Waals surface area contributed by atoms with E-state index in [0.717, 1.165) is 31.1 Å². The van der Waals surface area contributed by atoms with Gasteiger partial charge < -0.3 is 9.30 Å². The van der Waals surface area contributed by atoms with Crippen LogP contribution in [0.15, 0.2) is 12.1 Å². The van der Waals surface area contributed by atoms with E-state index in [2.05, 4.69) is 15.4 Å². The Kier molecular flexibility index (Phi) is 4.16. The lowest BCUT2D eigenvalue weighted by Crippen LogP contribution is -2.38. The first kappa shape index (κ1) is 18.8. The Labute approximate surface area is 172 Å². The van der Waals surface area contributed by atoms with E-state index < -0.39 is 11.7 Å². The second kappa shape index (κ2) is 6.65. The number of aldehydes is 1. The highest BCUT2D eigenvalue weighted by molar-refractivity contribution is 6.03. The number of aromatic nitrogens is 4. The third kappa shape index (κ3) is 2.72. The van der Waals surface area contributed by atoms with Crippen molar-refractivity contribution < 1.29 is 18.7 Å². The fourth-order valence-corrected chi connectivity index (χ4v) is 4.44. The van der Waals surface area contributed by atoms with E-state index in [1.54, 1.807) is 19.1 Å². The molecule has 1 spiro atoms. The molecule has 1 saturated carbocycles. The van der Waals surface area contributed by atoms with Gasteiger partial charge in [-0.3, -0.25) is 19.6 Å². The summed E-state index contributed by atoms with van der Waals surface area (Å²) >= 11 is 0. The second-order valence-corrected chi connectivity index (χ2v) is 8.19. The fourth-order valence-electron chi connectivity index (χ4n) is 4.44. The van der Waals surface area contributed by atoms with Gasteiger partial charge in [-0.2, -0.15) is 5.10 Å². The minimum absolute atomic E-state index is 0.0273. The number of ether oxygens (including phenoxy) is 1. The zero-order chi connectivity index (χ0) is 21.0. The van der Waals surface area contributed by atoms with Gasteiger partial charge in [0.15, 0.2) is 11.5 Å². The Hall–Kier alpha value is -3.23. The molecule has 1 N–H and O–H groups in total. The first-order chi connectivity index (χ1) is 14.4. The number of aryl methyl sites for hydroxylation is 2. The number of carbonyl (C=O) groups excluding carboxylic acids is 2. The van der Waals surface area contributed by atoms with Crippen molar-refractivity contribution in [3.05, 3.63) is 34.9 Å². The van der Waals surface area contributed by atoms with Gasteiger partial charge in [-0.25, -0.2) is 9.37 Å². The standard InChI is InChI=1S/C21H22FN5O3/c1-3-27-18(16(22)12(2)25-27)19(29)24-20-23-14-7-13(9-28)8-15-17(14)26(20)10-21(11-30-15)5-4-6-21/h7-9H,3-6,10-11H2,1-2H3,(H,23,24,29). The Morgan fingerprint density at radius 3 is 2.87 bits per heavy atom. The summed E-state index contributed by atoms with van der Waals surface area (Å²) in [6, 6.07) is 3.37. The first-order valence-corrected chi connectivity index (χ1v) is 10.1. The van der Waals surface area contributed by atoms with Crippen molar-refractivity contribution in [2.45, 2.75) is 46.2 Å². The van der Waals surface area contributed by atoms with Crippen LogP contribution < -0.4 is 10.1 Å². The number of nitrogens with zero attached hydrogens (tertiary/aromatic N) is 4. The zero-order valence-electron chi connectivity index (χ0n) is 16.9. The minimum Gasteiger partial charge on any atom is -0.491 e. The number of carbonyl (C=O) groups is 2. The van der Waals surface area contributed by atoms with Crippen LogP contribution in [0.3, 0.4) is 0 Å². The summed E-state index contributed by atoms with van der Waals surface area (Å²) in [7, 11) is 0. The monoisotopic (exact) mass is 411 g/mol. The molecule has 0 radical (unpaired) electrons. The summed E-state index contributed by atoms with van der Waals surface area (Å²) in [5.41, 5.74) is 1.78. The Balaban J connectivity index is 1.61. The van der Waals surface area contributed by atoms with E-state index in [-0.39, 0.29) is 16.8 Å². The molecule has 5 rings (SSSR count). The number of benzene rings is 1. The molecule has 2 aliphatic rings. The smallest absolute Gasteiger partial charge is 0.279 e. The van der Waals surface area contributed by atoms with Gasteiger partial charge in [0.25, 0.3) is 5.91 Å². The highest BCUT2D eigenvalue weighted by Gasteiger charge is 2.41. The number of nitrogens with one attached hydrogen (secondary N) is 1. The lowest BCUT2D eigenvalue weighted by molar-refractivity contribution is 0.0478. The molecule has 8 nitrogen and oxygen atoms in total. The average Bonchev–Trinajstić information content (AvgIpc) is 3.11. The van der Waals surface area contributed by atoms with E-state index in [1.807, 2.05) is 4.57 Å². The number of hydrogen-bond donors (Lipinski definition) is 1. The van der Waals surface area contributed by atoms with Gasteiger partial charge in [0.05, 0.1) is 17.8 Å². The van der Waals surface area contributed by atoms with Crippen molar-refractivity contribution in [3.63, 3.8) is 0 Å². The highest BCUT2D eigenvalue weighted by atomic mass is 19.1. The minimum atomic E-state index is -0.635. The van der Waals surface area contributed by atoms with E-state index in [4.69, 9.17) is 4.74 Å². The molecule has 0 unspecified atom stereocenters. The van der Waals surface area contributed by atoms with Crippen molar-refractivity contribution in [1.29, 1.82) is 0 Å². The summed E-state index contributed by atoms with van der Waals surface area (Å²) in [6.07, 6.45) is 3.91. The largest absolute Gasteiger partial charge is 0.491 e. The molecule has 1 aliphatic heterocycles. The molecule has 0 atom stereocenters. The molecule has 156 valence electrons. The van der Waals surface area contributed by atoms with Gasteiger partial charge in [0.2, 0.25) is 5.95 Å². The van der Waals surface area contributed by atoms with E-state index in [1.165, 1.54) is 11.6 Å². The van der Waals surface area contributed by atoms with Gasteiger partial charge in [-0.15, -0.1) is 0 Å². The van der Waals surface area contributed by atoms with Crippen LogP contribution in [0.2, 0.25) is 0 Å². The maximum Gasteiger partial charge on any atom is 0.279 e. The third-order valence-electron chi connectivity index (χ3n) is 6.20. The lowest BCUT2D eigenvalue weighted by Gasteiger charge is -2.40. The molecule has 1 fully saturated rings. The molecule has 1 amide bonds. The van der Waals surface area contributed by atoms with E-state index >= 15 is 0 Å². The number of halogens is 1. The van der Waals surface area contributed by atoms with Crippen LogP contribution in [0.25, 0.3) is 11.0 Å². The molecule has 3 heterocycles.